The van der Waals surface area contributed by atoms with E-state index in [0.717, 1.165) is 4.57 Å². The molecule has 26 heavy (non-hydrogen) atoms. The quantitative estimate of drug-likeness (QED) is 0.878. The van der Waals surface area contributed by atoms with Gasteiger partial charge in [-0.15, -0.1) is 0 Å². The summed E-state index contributed by atoms with van der Waals surface area (Å²) < 4.78 is 42.5. The van der Waals surface area contributed by atoms with Crippen LogP contribution in [0.25, 0.3) is 11.2 Å². The monoisotopic (exact) mass is 374 g/mol. The summed E-state index contributed by atoms with van der Waals surface area (Å²) in [7, 11) is 3.18. The molecule has 0 unspecified atom stereocenters. The predicted molar refractivity (Wildman–Crippen MR) is 87.8 cm³/mol. The highest BCUT2D eigenvalue weighted by Gasteiger charge is 2.54. The van der Waals surface area contributed by atoms with E-state index in [0.29, 0.717) is 17.6 Å². The molecule has 0 aliphatic heterocycles. The standard InChI is InChI=1S/C16H21F3N4O3/c1-21-9-20-12-11(21)13(24)23(14(25)22(12)2)8-5-10-3-6-15(26,7-4-10)16(17,18)19/h9-10,26H,3-8H2,1-2H3. The van der Waals surface area contributed by atoms with E-state index in [1.54, 1.807) is 7.05 Å². The Kier molecular flexibility index (Phi) is 4.50. The van der Waals surface area contributed by atoms with E-state index in [4.69, 9.17) is 0 Å². The summed E-state index contributed by atoms with van der Waals surface area (Å²) >= 11 is 0. The van der Waals surface area contributed by atoms with Crippen molar-refractivity contribution in [2.75, 3.05) is 0 Å². The lowest BCUT2D eigenvalue weighted by atomic mass is 9.77. The Morgan fingerprint density at radius 2 is 1.88 bits per heavy atom. The molecular weight excluding hydrogens is 353 g/mol. The van der Waals surface area contributed by atoms with Crippen LogP contribution in [0.3, 0.4) is 0 Å². The summed E-state index contributed by atoms with van der Waals surface area (Å²) in [6, 6.07) is 0. The highest BCUT2D eigenvalue weighted by atomic mass is 19.4. The van der Waals surface area contributed by atoms with Crippen LogP contribution in [0.15, 0.2) is 15.9 Å². The molecule has 0 saturated heterocycles. The van der Waals surface area contributed by atoms with Gasteiger partial charge in [-0.25, -0.2) is 9.78 Å². The fourth-order valence-corrected chi connectivity index (χ4v) is 3.63. The van der Waals surface area contributed by atoms with E-state index < -0.39 is 23.0 Å². The fourth-order valence-electron chi connectivity index (χ4n) is 3.63. The van der Waals surface area contributed by atoms with Gasteiger partial charge in [0.05, 0.1) is 6.33 Å². The number of nitrogens with zero attached hydrogens (tertiary/aromatic N) is 4. The van der Waals surface area contributed by atoms with Gasteiger partial charge in [-0.2, -0.15) is 13.2 Å². The molecule has 0 radical (unpaired) electrons. The number of hydrogen-bond acceptors (Lipinski definition) is 4. The van der Waals surface area contributed by atoms with E-state index in [1.165, 1.54) is 22.5 Å². The zero-order valence-electron chi connectivity index (χ0n) is 14.6. The Labute approximate surface area is 146 Å². The molecule has 0 spiro atoms. The molecule has 10 heteroatoms. The van der Waals surface area contributed by atoms with Crippen molar-refractivity contribution in [3.8, 4) is 0 Å². The second-order valence-electron chi connectivity index (χ2n) is 7.09. The average Bonchev–Trinajstić information content (AvgIpc) is 2.95. The molecule has 2 heterocycles. The first kappa shape index (κ1) is 18.7. The maximum absolute atomic E-state index is 12.9. The Morgan fingerprint density at radius 1 is 1.27 bits per heavy atom. The number of aliphatic hydroxyl groups is 1. The number of halogens is 3. The summed E-state index contributed by atoms with van der Waals surface area (Å²) in [6.07, 6.45) is -3.06. The van der Waals surface area contributed by atoms with Gasteiger partial charge in [0.15, 0.2) is 16.8 Å². The van der Waals surface area contributed by atoms with E-state index in [2.05, 4.69) is 4.98 Å². The fraction of sp³-hybridized carbons (Fsp3) is 0.688. The van der Waals surface area contributed by atoms with Crippen LogP contribution in [-0.2, 0) is 20.6 Å². The van der Waals surface area contributed by atoms with Gasteiger partial charge in [0.1, 0.15) is 0 Å². The maximum atomic E-state index is 12.9. The molecule has 144 valence electrons. The van der Waals surface area contributed by atoms with E-state index in [9.17, 15) is 27.9 Å². The van der Waals surface area contributed by atoms with Crippen molar-refractivity contribution in [3.05, 3.63) is 27.2 Å². The minimum absolute atomic E-state index is 0.0727. The van der Waals surface area contributed by atoms with Crippen molar-refractivity contribution in [1.29, 1.82) is 0 Å². The molecule has 2 aromatic heterocycles. The van der Waals surface area contributed by atoms with Gasteiger partial charge in [0.2, 0.25) is 0 Å². The largest absolute Gasteiger partial charge is 0.417 e. The average molecular weight is 374 g/mol. The number of alkyl halides is 3. The van der Waals surface area contributed by atoms with Crippen LogP contribution < -0.4 is 11.2 Å². The van der Waals surface area contributed by atoms with E-state index in [1.807, 2.05) is 0 Å². The lowest BCUT2D eigenvalue weighted by Gasteiger charge is -2.37. The second kappa shape index (κ2) is 6.26. The van der Waals surface area contributed by atoms with Crippen molar-refractivity contribution in [1.82, 2.24) is 18.7 Å². The van der Waals surface area contributed by atoms with Crippen LogP contribution in [0.5, 0.6) is 0 Å². The zero-order valence-corrected chi connectivity index (χ0v) is 14.6. The molecule has 7 nitrogen and oxygen atoms in total. The number of fused-ring (bicyclic) bond motifs is 1. The summed E-state index contributed by atoms with van der Waals surface area (Å²) in [4.78, 5) is 29.0. The molecule has 0 amide bonds. The third kappa shape index (κ3) is 2.95. The van der Waals surface area contributed by atoms with Crippen LogP contribution in [-0.4, -0.2) is 35.6 Å². The van der Waals surface area contributed by atoms with Crippen LogP contribution >= 0.6 is 0 Å². The molecule has 1 aliphatic rings. The van der Waals surface area contributed by atoms with Gasteiger partial charge in [-0.05, 0) is 38.0 Å². The molecule has 3 rings (SSSR count). The second-order valence-corrected chi connectivity index (χ2v) is 7.09. The van der Waals surface area contributed by atoms with Crippen molar-refractivity contribution in [2.24, 2.45) is 20.0 Å². The van der Waals surface area contributed by atoms with Gasteiger partial charge < -0.3 is 9.67 Å². The summed E-state index contributed by atoms with van der Waals surface area (Å²) in [5.74, 6) is -0.0727. The van der Waals surface area contributed by atoms with Gasteiger partial charge in [0, 0.05) is 20.6 Å². The molecular formula is C16H21F3N4O3. The number of imidazole rings is 1. The van der Waals surface area contributed by atoms with Crippen LogP contribution in [0.4, 0.5) is 13.2 Å². The molecule has 0 atom stereocenters. The minimum Gasteiger partial charge on any atom is -0.380 e. The van der Waals surface area contributed by atoms with Crippen molar-refractivity contribution in [2.45, 2.75) is 50.4 Å². The topological polar surface area (TPSA) is 82.1 Å². The first-order valence-electron chi connectivity index (χ1n) is 8.45. The number of aromatic nitrogens is 4. The van der Waals surface area contributed by atoms with Gasteiger partial charge in [0.25, 0.3) is 5.56 Å². The molecule has 0 aromatic carbocycles. The first-order valence-corrected chi connectivity index (χ1v) is 8.45. The van der Waals surface area contributed by atoms with Crippen LogP contribution in [0.2, 0.25) is 0 Å². The molecule has 2 aromatic rings. The highest BCUT2D eigenvalue weighted by molar-refractivity contribution is 5.69. The SMILES string of the molecule is Cn1cnc2c1c(=O)n(CCC1CCC(O)(C(F)(F)F)CC1)c(=O)n2C. The van der Waals surface area contributed by atoms with Crippen molar-refractivity contribution in [3.63, 3.8) is 0 Å². The zero-order chi connectivity index (χ0) is 19.3. The third-order valence-corrected chi connectivity index (χ3v) is 5.42. The van der Waals surface area contributed by atoms with Gasteiger partial charge in [-0.3, -0.25) is 13.9 Å². The Hall–Kier alpha value is -2.10. The number of hydrogen-bond donors (Lipinski definition) is 1. The summed E-state index contributed by atoms with van der Waals surface area (Å²) in [5, 5.41) is 9.72. The number of rotatable bonds is 3. The van der Waals surface area contributed by atoms with E-state index >= 15 is 0 Å². The summed E-state index contributed by atoms with van der Waals surface area (Å²) in [6.45, 7) is 0.127. The molecule has 0 bridgehead atoms. The normalized spacial score (nSPS) is 24.3. The predicted octanol–water partition coefficient (Wildman–Crippen LogP) is 1.31. The maximum Gasteiger partial charge on any atom is 0.417 e. The van der Waals surface area contributed by atoms with Gasteiger partial charge >= 0.3 is 11.9 Å². The number of aryl methyl sites for hydroxylation is 2. The summed E-state index contributed by atoms with van der Waals surface area (Å²) in [5.41, 5.74) is -2.97. The lowest BCUT2D eigenvalue weighted by Crippen LogP contribution is -2.48. The van der Waals surface area contributed by atoms with Crippen molar-refractivity contribution >= 4 is 11.2 Å². The molecule has 1 N–H and O–H groups in total. The van der Waals surface area contributed by atoms with Crippen LogP contribution in [0, 0.1) is 5.92 Å². The minimum atomic E-state index is -4.63. The van der Waals surface area contributed by atoms with Crippen LogP contribution in [0.1, 0.15) is 32.1 Å². The Balaban J connectivity index is 1.77. The highest BCUT2D eigenvalue weighted by Crippen LogP contribution is 2.43. The van der Waals surface area contributed by atoms with Gasteiger partial charge in [-0.1, -0.05) is 0 Å². The Bertz CT molecular complexity index is 933. The molecule has 1 saturated carbocycles. The molecule has 1 aliphatic carbocycles. The third-order valence-electron chi connectivity index (χ3n) is 5.42. The lowest BCUT2D eigenvalue weighted by molar-refractivity contribution is -0.272. The molecule has 1 fully saturated rings. The smallest absolute Gasteiger partial charge is 0.380 e. The van der Waals surface area contributed by atoms with E-state index in [-0.39, 0.29) is 38.1 Å². The van der Waals surface area contributed by atoms with Crippen molar-refractivity contribution < 1.29 is 18.3 Å². The first-order chi connectivity index (χ1) is 12.0. The Morgan fingerprint density at radius 3 is 2.46 bits per heavy atom.